The third-order valence-electron chi connectivity index (χ3n) is 2.73. The summed E-state index contributed by atoms with van der Waals surface area (Å²) in [6, 6.07) is 9.24. The van der Waals surface area contributed by atoms with E-state index < -0.39 is 22.0 Å². The normalized spacial score (nSPS) is 12.1. The average Bonchev–Trinajstić information content (AvgIpc) is 2.42. The molecule has 0 amide bonds. The Morgan fingerprint density at radius 1 is 1.25 bits per heavy atom. The standard InChI is InChI=1S/C13H14N2O4S/c1-9-11(16)14-13(17)15(12(9)20(2)18)19-8-10-6-4-3-5-7-10/h3-7H,8H2,1-2H3,(H,14,16,17). The molecule has 1 unspecified atom stereocenters. The highest BCUT2D eigenvalue weighted by molar-refractivity contribution is 7.84. The molecular weight excluding hydrogens is 280 g/mol. The first kappa shape index (κ1) is 14.3. The van der Waals surface area contributed by atoms with Crippen molar-refractivity contribution in [1.82, 2.24) is 9.71 Å². The van der Waals surface area contributed by atoms with Crippen molar-refractivity contribution in [2.75, 3.05) is 6.26 Å². The highest BCUT2D eigenvalue weighted by Crippen LogP contribution is 2.05. The van der Waals surface area contributed by atoms with E-state index in [-0.39, 0.29) is 17.2 Å². The van der Waals surface area contributed by atoms with Gasteiger partial charge in [-0.15, -0.1) is 4.73 Å². The van der Waals surface area contributed by atoms with Crippen LogP contribution in [0.4, 0.5) is 0 Å². The Bertz CT molecular complexity index is 749. The van der Waals surface area contributed by atoms with E-state index in [1.54, 1.807) is 0 Å². The lowest BCUT2D eigenvalue weighted by molar-refractivity contribution is 0.0660. The number of nitrogens with zero attached hydrogens (tertiary/aromatic N) is 1. The smallest absolute Gasteiger partial charge is 0.362 e. The number of nitrogens with one attached hydrogen (secondary N) is 1. The van der Waals surface area contributed by atoms with E-state index in [1.165, 1.54) is 13.2 Å². The molecular formula is C13H14N2O4S. The molecule has 1 aromatic carbocycles. The minimum Gasteiger partial charge on any atom is -0.404 e. The molecule has 0 bridgehead atoms. The van der Waals surface area contributed by atoms with E-state index in [4.69, 9.17) is 4.84 Å². The Kier molecular flexibility index (Phi) is 4.19. The highest BCUT2D eigenvalue weighted by atomic mass is 32.2. The minimum absolute atomic E-state index is 0.0784. The van der Waals surface area contributed by atoms with Gasteiger partial charge in [0.2, 0.25) is 0 Å². The van der Waals surface area contributed by atoms with Crippen molar-refractivity contribution in [3.05, 3.63) is 62.3 Å². The van der Waals surface area contributed by atoms with E-state index in [1.807, 2.05) is 30.3 Å². The van der Waals surface area contributed by atoms with Gasteiger partial charge in [0, 0.05) is 6.26 Å². The maximum atomic E-state index is 11.8. The van der Waals surface area contributed by atoms with E-state index in [9.17, 15) is 13.8 Å². The Hall–Kier alpha value is -2.15. The van der Waals surface area contributed by atoms with Crippen molar-refractivity contribution < 1.29 is 9.05 Å². The maximum absolute atomic E-state index is 11.8. The number of hydrogen-bond acceptors (Lipinski definition) is 4. The van der Waals surface area contributed by atoms with Crippen LogP contribution in [0.3, 0.4) is 0 Å². The summed E-state index contributed by atoms with van der Waals surface area (Å²) in [5.41, 5.74) is -0.226. The molecule has 0 saturated heterocycles. The predicted molar refractivity (Wildman–Crippen MR) is 75.1 cm³/mol. The number of benzene rings is 1. The fraction of sp³-hybridized carbons (Fsp3) is 0.231. The van der Waals surface area contributed by atoms with Gasteiger partial charge in [0.1, 0.15) is 6.61 Å². The van der Waals surface area contributed by atoms with Crippen LogP contribution in [-0.4, -0.2) is 20.2 Å². The predicted octanol–water partition coefficient (Wildman–Crippen LogP) is 0.211. The van der Waals surface area contributed by atoms with E-state index in [0.29, 0.717) is 0 Å². The Morgan fingerprint density at radius 2 is 1.90 bits per heavy atom. The summed E-state index contributed by atoms with van der Waals surface area (Å²) in [5.74, 6) is 0. The summed E-state index contributed by atoms with van der Waals surface area (Å²) in [6.07, 6.45) is 1.39. The SMILES string of the molecule is Cc1c(S(C)=O)n(OCc2ccccc2)c(=O)[nH]c1=O. The monoisotopic (exact) mass is 294 g/mol. The molecule has 1 aromatic heterocycles. The molecule has 2 rings (SSSR count). The largest absolute Gasteiger partial charge is 0.404 e. The maximum Gasteiger partial charge on any atom is 0.362 e. The average molecular weight is 294 g/mol. The number of hydrogen-bond donors (Lipinski definition) is 1. The Labute approximate surface area is 117 Å². The zero-order valence-electron chi connectivity index (χ0n) is 11.1. The van der Waals surface area contributed by atoms with Crippen LogP contribution < -0.4 is 16.1 Å². The lowest BCUT2D eigenvalue weighted by atomic mass is 10.2. The van der Waals surface area contributed by atoms with Crippen LogP contribution in [0.15, 0.2) is 44.9 Å². The van der Waals surface area contributed by atoms with Crippen LogP contribution in [0.2, 0.25) is 0 Å². The van der Waals surface area contributed by atoms with Gasteiger partial charge in [-0.05, 0) is 12.5 Å². The molecule has 7 heteroatoms. The van der Waals surface area contributed by atoms with Crippen LogP contribution in [-0.2, 0) is 17.4 Å². The van der Waals surface area contributed by atoms with Crippen molar-refractivity contribution in [1.29, 1.82) is 0 Å². The molecule has 0 saturated carbocycles. The van der Waals surface area contributed by atoms with Crippen molar-refractivity contribution in [2.24, 2.45) is 0 Å². The van der Waals surface area contributed by atoms with Gasteiger partial charge in [0.25, 0.3) is 5.56 Å². The van der Waals surface area contributed by atoms with Gasteiger partial charge in [-0.2, -0.15) is 0 Å². The molecule has 106 valence electrons. The van der Waals surface area contributed by atoms with Gasteiger partial charge in [-0.25, -0.2) is 4.79 Å². The lowest BCUT2D eigenvalue weighted by Gasteiger charge is -2.13. The van der Waals surface area contributed by atoms with Crippen LogP contribution >= 0.6 is 0 Å². The first-order valence-electron chi connectivity index (χ1n) is 5.87. The Balaban J connectivity index is 2.41. The van der Waals surface area contributed by atoms with Crippen LogP contribution in [0.5, 0.6) is 0 Å². The summed E-state index contributed by atoms with van der Waals surface area (Å²) < 4.78 is 12.6. The fourth-order valence-electron chi connectivity index (χ4n) is 1.75. The summed E-state index contributed by atoms with van der Waals surface area (Å²) in [4.78, 5) is 30.8. The number of aromatic nitrogens is 2. The number of aromatic amines is 1. The number of H-pyrrole nitrogens is 1. The molecule has 0 aliphatic carbocycles. The topological polar surface area (TPSA) is 81.2 Å². The molecule has 1 heterocycles. The lowest BCUT2D eigenvalue weighted by Crippen LogP contribution is -2.38. The van der Waals surface area contributed by atoms with Crippen molar-refractivity contribution in [2.45, 2.75) is 18.6 Å². The second-order valence-corrected chi connectivity index (χ2v) is 5.49. The molecule has 2 aromatic rings. The molecule has 0 spiro atoms. The van der Waals surface area contributed by atoms with Crippen LogP contribution in [0, 0.1) is 6.92 Å². The van der Waals surface area contributed by atoms with Gasteiger partial charge in [-0.1, -0.05) is 30.3 Å². The molecule has 0 aliphatic heterocycles. The number of rotatable bonds is 4. The third kappa shape index (κ3) is 2.88. The molecule has 1 N–H and O–H groups in total. The molecule has 1 atom stereocenters. The summed E-state index contributed by atoms with van der Waals surface area (Å²) >= 11 is 0. The second kappa shape index (κ2) is 5.87. The van der Waals surface area contributed by atoms with Gasteiger partial charge >= 0.3 is 5.69 Å². The van der Waals surface area contributed by atoms with Gasteiger partial charge < -0.3 is 4.84 Å². The summed E-state index contributed by atoms with van der Waals surface area (Å²) in [5, 5.41) is 0.0784. The van der Waals surface area contributed by atoms with Crippen molar-refractivity contribution in [3.8, 4) is 0 Å². The zero-order valence-corrected chi connectivity index (χ0v) is 11.9. The van der Waals surface area contributed by atoms with Gasteiger partial charge in [0.15, 0.2) is 5.03 Å². The van der Waals surface area contributed by atoms with Crippen LogP contribution in [0.25, 0.3) is 0 Å². The summed E-state index contributed by atoms with van der Waals surface area (Å²) in [6.45, 7) is 1.63. The van der Waals surface area contributed by atoms with E-state index in [2.05, 4.69) is 4.98 Å². The third-order valence-corrected chi connectivity index (χ3v) is 3.74. The molecule has 0 radical (unpaired) electrons. The first-order chi connectivity index (χ1) is 9.50. The van der Waals surface area contributed by atoms with Crippen molar-refractivity contribution in [3.63, 3.8) is 0 Å². The molecule has 0 fully saturated rings. The Morgan fingerprint density at radius 3 is 2.50 bits per heavy atom. The molecule has 20 heavy (non-hydrogen) atoms. The fourth-order valence-corrected chi connectivity index (χ4v) is 2.64. The van der Waals surface area contributed by atoms with E-state index >= 15 is 0 Å². The van der Waals surface area contributed by atoms with Gasteiger partial charge in [0.05, 0.1) is 16.4 Å². The summed E-state index contributed by atoms with van der Waals surface area (Å²) in [7, 11) is -1.51. The zero-order chi connectivity index (χ0) is 14.7. The molecule has 6 nitrogen and oxygen atoms in total. The second-order valence-electron chi connectivity index (χ2n) is 4.20. The van der Waals surface area contributed by atoms with E-state index in [0.717, 1.165) is 10.3 Å². The van der Waals surface area contributed by atoms with Crippen LogP contribution in [0.1, 0.15) is 11.1 Å². The van der Waals surface area contributed by atoms with Gasteiger partial charge in [-0.3, -0.25) is 14.0 Å². The quantitative estimate of drug-likeness (QED) is 0.817. The first-order valence-corrected chi connectivity index (χ1v) is 7.43. The molecule has 0 aliphatic rings. The van der Waals surface area contributed by atoms with Crippen molar-refractivity contribution >= 4 is 10.8 Å². The highest BCUT2D eigenvalue weighted by Gasteiger charge is 2.16. The minimum atomic E-state index is -1.51.